The smallest absolute Gasteiger partial charge is 0.266 e. The van der Waals surface area contributed by atoms with Crippen LogP contribution in [0.15, 0.2) is 40.9 Å². The molecule has 21 heavy (non-hydrogen) atoms. The fourth-order valence-corrected chi connectivity index (χ4v) is 2.82. The van der Waals surface area contributed by atoms with Crippen molar-refractivity contribution in [2.45, 2.75) is 13.5 Å². The summed E-state index contributed by atoms with van der Waals surface area (Å²) in [6.07, 6.45) is 0. The van der Waals surface area contributed by atoms with E-state index >= 15 is 0 Å². The van der Waals surface area contributed by atoms with Crippen molar-refractivity contribution in [1.29, 1.82) is 0 Å². The highest BCUT2D eigenvalue weighted by Gasteiger charge is 2.37. The van der Waals surface area contributed by atoms with Crippen LogP contribution in [0.1, 0.15) is 31.8 Å². The molecule has 2 amide bonds. The largest absolute Gasteiger partial charge is 0.326 e. The lowest BCUT2D eigenvalue weighted by molar-refractivity contribution is 0.0926. The maximum Gasteiger partial charge on any atom is 0.266 e. The second kappa shape index (κ2) is 5.09. The third kappa shape index (κ3) is 2.18. The Morgan fingerprint density at radius 3 is 2.48 bits per heavy atom. The van der Waals surface area contributed by atoms with Crippen LogP contribution in [0.25, 0.3) is 0 Å². The van der Waals surface area contributed by atoms with E-state index < -0.39 is 0 Å². The van der Waals surface area contributed by atoms with Crippen molar-refractivity contribution in [2.24, 2.45) is 5.73 Å². The van der Waals surface area contributed by atoms with Crippen molar-refractivity contribution in [3.05, 3.63) is 63.1 Å². The Balaban J connectivity index is 2.14. The minimum Gasteiger partial charge on any atom is -0.326 e. The van der Waals surface area contributed by atoms with Crippen LogP contribution in [0.5, 0.6) is 0 Å². The van der Waals surface area contributed by atoms with Gasteiger partial charge in [0.2, 0.25) is 0 Å². The summed E-state index contributed by atoms with van der Waals surface area (Å²) in [5, 5.41) is 0. The molecular weight excluding hydrogens is 332 g/mol. The Morgan fingerprint density at radius 1 is 1.05 bits per heavy atom. The van der Waals surface area contributed by atoms with Gasteiger partial charge in [0.25, 0.3) is 11.8 Å². The zero-order valence-corrected chi connectivity index (χ0v) is 13.0. The van der Waals surface area contributed by atoms with E-state index in [1.54, 1.807) is 24.3 Å². The van der Waals surface area contributed by atoms with Crippen molar-refractivity contribution in [3.8, 4) is 0 Å². The molecule has 0 bridgehead atoms. The quantitative estimate of drug-likeness (QED) is 0.851. The second-order valence-electron chi connectivity index (χ2n) is 4.96. The highest BCUT2D eigenvalue weighted by atomic mass is 79.9. The van der Waals surface area contributed by atoms with Gasteiger partial charge in [-0.1, -0.05) is 28.1 Å². The molecule has 1 aliphatic heterocycles. The van der Waals surface area contributed by atoms with Gasteiger partial charge < -0.3 is 5.73 Å². The highest BCUT2D eigenvalue weighted by molar-refractivity contribution is 9.10. The lowest BCUT2D eigenvalue weighted by Crippen LogP contribution is -2.30. The van der Waals surface area contributed by atoms with Gasteiger partial charge in [0.15, 0.2) is 0 Å². The van der Waals surface area contributed by atoms with Crippen LogP contribution in [0.2, 0.25) is 0 Å². The topological polar surface area (TPSA) is 63.4 Å². The molecular formula is C16H13BrN2O2. The molecule has 4 nitrogen and oxygen atoms in total. The third-order valence-electron chi connectivity index (χ3n) is 3.60. The molecule has 3 rings (SSSR count). The number of nitrogens with zero attached hydrogens (tertiary/aromatic N) is 1. The van der Waals surface area contributed by atoms with Crippen molar-refractivity contribution in [3.63, 3.8) is 0 Å². The standard InChI is InChI=1S/C16H13BrN2O2/c1-9-2-3-10(8-18)6-14(9)19-15(20)12-5-4-11(17)7-13(12)16(19)21/h2-7H,8,18H2,1H3. The van der Waals surface area contributed by atoms with E-state index in [9.17, 15) is 9.59 Å². The molecule has 0 unspecified atom stereocenters. The molecule has 1 heterocycles. The first kappa shape index (κ1) is 14.0. The molecule has 2 aromatic carbocycles. The van der Waals surface area contributed by atoms with Gasteiger partial charge in [0, 0.05) is 11.0 Å². The molecule has 2 N–H and O–H groups in total. The summed E-state index contributed by atoms with van der Waals surface area (Å²) >= 11 is 3.33. The summed E-state index contributed by atoms with van der Waals surface area (Å²) in [5.41, 5.74) is 8.84. The number of nitrogens with two attached hydrogens (primary N) is 1. The Labute approximate surface area is 130 Å². The summed E-state index contributed by atoms with van der Waals surface area (Å²) in [7, 11) is 0. The molecule has 5 heteroatoms. The van der Waals surface area contributed by atoms with Crippen LogP contribution in [-0.2, 0) is 6.54 Å². The van der Waals surface area contributed by atoms with Gasteiger partial charge in [0.05, 0.1) is 16.8 Å². The SMILES string of the molecule is Cc1ccc(CN)cc1N1C(=O)c2ccc(Br)cc2C1=O. The van der Waals surface area contributed by atoms with Gasteiger partial charge in [-0.2, -0.15) is 0 Å². The monoisotopic (exact) mass is 344 g/mol. The van der Waals surface area contributed by atoms with Crippen molar-refractivity contribution < 1.29 is 9.59 Å². The molecule has 0 spiro atoms. The summed E-state index contributed by atoms with van der Waals surface area (Å²) in [4.78, 5) is 26.3. The van der Waals surface area contributed by atoms with E-state index in [4.69, 9.17) is 5.73 Å². The van der Waals surface area contributed by atoms with Gasteiger partial charge >= 0.3 is 0 Å². The lowest BCUT2D eigenvalue weighted by Gasteiger charge is -2.17. The minimum absolute atomic E-state index is 0.292. The number of halogens is 1. The Hall–Kier alpha value is -1.98. The number of aryl methyl sites for hydroxylation is 1. The third-order valence-corrected chi connectivity index (χ3v) is 4.09. The van der Waals surface area contributed by atoms with Crippen LogP contribution >= 0.6 is 15.9 Å². The predicted octanol–water partition coefficient (Wildman–Crippen LogP) is 3.02. The van der Waals surface area contributed by atoms with Crippen molar-refractivity contribution >= 4 is 33.4 Å². The van der Waals surface area contributed by atoms with Crippen LogP contribution in [0, 0.1) is 6.92 Å². The maximum absolute atomic E-state index is 12.6. The number of hydrogen-bond donors (Lipinski definition) is 1. The normalized spacial score (nSPS) is 13.8. The summed E-state index contributed by atoms with van der Waals surface area (Å²) in [6.45, 7) is 2.23. The summed E-state index contributed by atoms with van der Waals surface area (Å²) < 4.78 is 0.775. The van der Waals surface area contributed by atoms with Gasteiger partial charge in [-0.3, -0.25) is 9.59 Å². The highest BCUT2D eigenvalue weighted by Crippen LogP contribution is 2.32. The van der Waals surface area contributed by atoms with E-state index in [-0.39, 0.29) is 11.8 Å². The zero-order chi connectivity index (χ0) is 15.1. The number of rotatable bonds is 2. The van der Waals surface area contributed by atoms with E-state index in [0.717, 1.165) is 15.6 Å². The maximum atomic E-state index is 12.6. The number of hydrogen-bond acceptors (Lipinski definition) is 3. The number of benzene rings is 2. The van der Waals surface area contributed by atoms with Gasteiger partial charge in [-0.05, 0) is 42.3 Å². The summed E-state index contributed by atoms with van der Waals surface area (Å²) in [6, 6.07) is 10.7. The van der Waals surface area contributed by atoms with Crippen molar-refractivity contribution in [2.75, 3.05) is 4.90 Å². The fraction of sp³-hybridized carbons (Fsp3) is 0.125. The molecule has 2 aromatic rings. The number of carbonyl (C=O) groups excluding carboxylic acids is 2. The van der Waals surface area contributed by atoms with E-state index in [1.165, 1.54) is 4.90 Å². The number of imide groups is 1. The molecule has 0 saturated carbocycles. The van der Waals surface area contributed by atoms with Crippen LogP contribution < -0.4 is 10.6 Å². The first-order chi connectivity index (χ1) is 10.0. The minimum atomic E-state index is -0.298. The van der Waals surface area contributed by atoms with Crippen molar-refractivity contribution in [1.82, 2.24) is 0 Å². The van der Waals surface area contributed by atoms with Crippen LogP contribution in [0.4, 0.5) is 5.69 Å². The molecule has 0 saturated heterocycles. The predicted molar refractivity (Wildman–Crippen MR) is 84.4 cm³/mol. The number of carbonyl (C=O) groups is 2. The number of amides is 2. The first-order valence-corrected chi connectivity index (χ1v) is 7.30. The van der Waals surface area contributed by atoms with Gasteiger partial charge in [-0.25, -0.2) is 4.90 Å². The van der Waals surface area contributed by atoms with E-state index in [0.29, 0.717) is 23.4 Å². The van der Waals surface area contributed by atoms with E-state index in [2.05, 4.69) is 15.9 Å². The average molecular weight is 345 g/mol. The first-order valence-electron chi connectivity index (χ1n) is 6.51. The Bertz CT molecular complexity index is 771. The van der Waals surface area contributed by atoms with Gasteiger partial charge in [0.1, 0.15) is 0 Å². The molecule has 0 radical (unpaired) electrons. The van der Waals surface area contributed by atoms with Crippen LogP contribution in [0.3, 0.4) is 0 Å². The average Bonchev–Trinajstić information content (AvgIpc) is 2.71. The Morgan fingerprint density at radius 2 is 1.76 bits per heavy atom. The number of anilines is 1. The lowest BCUT2D eigenvalue weighted by atomic mass is 10.1. The van der Waals surface area contributed by atoms with Gasteiger partial charge in [-0.15, -0.1) is 0 Å². The second-order valence-corrected chi connectivity index (χ2v) is 5.88. The fourth-order valence-electron chi connectivity index (χ4n) is 2.45. The Kier molecular flexibility index (Phi) is 3.39. The molecule has 0 fully saturated rings. The molecule has 0 aliphatic carbocycles. The van der Waals surface area contributed by atoms with E-state index in [1.807, 2.05) is 19.1 Å². The van der Waals surface area contributed by atoms with Crippen LogP contribution in [-0.4, -0.2) is 11.8 Å². The number of fused-ring (bicyclic) bond motifs is 1. The molecule has 0 atom stereocenters. The molecule has 106 valence electrons. The zero-order valence-electron chi connectivity index (χ0n) is 11.4. The summed E-state index contributed by atoms with van der Waals surface area (Å²) in [5.74, 6) is -0.589. The molecule has 0 aromatic heterocycles. The molecule has 1 aliphatic rings.